The first-order valence-corrected chi connectivity index (χ1v) is 6.66. The number of rotatable bonds is 3. The number of nitrogens with one attached hydrogen (secondary N) is 1. The van der Waals surface area contributed by atoms with Gasteiger partial charge in [0.25, 0.3) is 0 Å². The smallest absolute Gasteiger partial charge is 0.151 e. The Morgan fingerprint density at radius 1 is 1.25 bits per heavy atom. The number of aliphatic hydroxyl groups excluding tert-OH is 1. The second-order valence-corrected chi connectivity index (χ2v) is 5.10. The molecule has 3 aromatic rings. The van der Waals surface area contributed by atoms with Crippen molar-refractivity contribution in [2.24, 2.45) is 0 Å². The molecule has 2 aromatic heterocycles. The van der Waals surface area contributed by atoms with Crippen LogP contribution in [0.3, 0.4) is 0 Å². The average molecular weight is 337 g/mol. The van der Waals surface area contributed by atoms with Crippen LogP contribution in [0.1, 0.15) is 17.4 Å². The summed E-state index contributed by atoms with van der Waals surface area (Å²) in [5.74, 6) is 0.0823. The Labute approximate surface area is 122 Å². The lowest BCUT2D eigenvalue weighted by molar-refractivity contribution is 0.189. The van der Waals surface area contributed by atoms with Crippen molar-refractivity contribution in [1.82, 2.24) is 10.2 Å². The Hall–Kier alpha value is -1.92. The van der Waals surface area contributed by atoms with Crippen molar-refractivity contribution in [3.63, 3.8) is 0 Å². The van der Waals surface area contributed by atoms with E-state index in [1.54, 1.807) is 18.2 Å². The largest absolute Gasteiger partial charge is 0.465 e. The summed E-state index contributed by atoms with van der Waals surface area (Å²) in [6.07, 6.45) is 2.05. The Bertz CT molecular complexity index is 721. The van der Waals surface area contributed by atoms with Gasteiger partial charge in [0.1, 0.15) is 11.9 Å². The SMILES string of the molecule is OC(c1cn[nH]c1-c1ccc(F)cc1)c1occc1Br. The second kappa shape index (κ2) is 5.22. The number of furan rings is 1. The molecule has 6 heteroatoms. The fourth-order valence-electron chi connectivity index (χ4n) is 1.99. The third-order valence-corrected chi connectivity index (χ3v) is 3.64. The highest BCUT2D eigenvalue weighted by Crippen LogP contribution is 2.33. The summed E-state index contributed by atoms with van der Waals surface area (Å²) in [5, 5.41) is 17.1. The molecule has 3 rings (SSSR count). The van der Waals surface area contributed by atoms with Crippen molar-refractivity contribution < 1.29 is 13.9 Å². The molecule has 0 bridgehead atoms. The predicted octanol–water partition coefficient (Wildman–Crippen LogP) is 3.65. The number of nitrogens with zero attached hydrogens (tertiary/aromatic N) is 1. The molecule has 0 saturated carbocycles. The summed E-state index contributed by atoms with van der Waals surface area (Å²) in [6.45, 7) is 0. The zero-order valence-electron chi connectivity index (χ0n) is 10.2. The zero-order chi connectivity index (χ0) is 14.1. The first-order chi connectivity index (χ1) is 9.66. The van der Waals surface area contributed by atoms with Gasteiger partial charge in [-0.15, -0.1) is 0 Å². The van der Waals surface area contributed by atoms with Gasteiger partial charge in [0, 0.05) is 11.1 Å². The van der Waals surface area contributed by atoms with E-state index >= 15 is 0 Å². The molecule has 1 unspecified atom stereocenters. The third-order valence-electron chi connectivity index (χ3n) is 2.99. The summed E-state index contributed by atoms with van der Waals surface area (Å²) in [7, 11) is 0. The highest BCUT2D eigenvalue weighted by molar-refractivity contribution is 9.10. The van der Waals surface area contributed by atoms with E-state index < -0.39 is 6.10 Å². The van der Waals surface area contributed by atoms with Crippen LogP contribution in [-0.2, 0) is 0 Å². The Morgan fingerprint density at radius 3 is 2.65 bits per heavy atom. The van der Waals surface area contributed by atoms with Gasteiger partial charge in [-0.25, -0.2) is 4.39 Å². The number of benzene rings is 1. The number of aromatic nitrogens is 2. The minimum atomic E-state index is -0.960. The number of hydrogen-bond acceptors (Lipinski definition) is 3. The molecule has 0 aliphatic heterocycles. The molecule has 20 heavy (non-hydrogen) atoms. The molecule has 4 nitrogen and oxygen atoms in total. The van der Waals surface area contributed by atoms with Gasteiger partial charge >= 0.3 is 0 Å². The summed E-state index contributed by atoms with van der Waals surface area (Å²) < 4.78 is 18.9. The highest BCUT2D eigenvalue weighted by atomic mass is 79.9. The summed E-state index contributed by atoms with van der Waals surface area (Å²) in [4.78, 5) is 0. The molecule has 0 amide bonds. The fourth-order valence-corrected chi connectivity index (χ4v) is 2.41. The minimum Gasteiger partial charge on any atom is -0.465 e. The number of H-pyrrole nitrogens is 1. The van der Waals surface area contributed by atoms with E-state index in [0.717, 1.165) is 5.56 Å². The van der Waals surface area contributed by atoms with Gasteiger partial charge in [-0.3, -0.25) is 5.10 Å². The van der Waals surface area contributed by atoms with Gasteiger partial charge in [-0.05, 0) is 46.3 Å². The molecule has 1 atom stereocenters. The molecule has 2 heterocycles. The van der Waals surface area contributed by atoms with Crippen LogP contribution < -0.4 is 0 Å². The normalized spacial score (nSPS) is 12.6. The highest BCUT2D eigenvalue weighted by Gasteiger charge is 2.22. The number of aromatic amines is 1. The van der Waals surface area contributed by atoms with E-state index in [1.165, 1.54) is 24.6 Å². The standard InChI is InChI=1S/C14H10BrFN2O2/c15-11-5-6-20-14(11)13(19)10-7-17-18-12(10)8-1-3-9(16)4-2-8/h1-7,13,19H,(H,17,18). The number of aliphatic hydroxyl groups is 1. The van der Waals surface area contributed by atoms with Crippen LogP contribution >= 0.6 is 15.9 Å². The lowest BCUT2D eigenvalue weighted by atomic mass is 10.0. The van der Waals surface area contributed by atoms with E-state index in [2.05, 4.69) is 26.1 Å². The van der Waals surface area contributed by atoms with Crippen molar-refractivity contribution in [1.29, 1.82) is 0 Å². The van der Waals surface area contributed by atoms with Crippen molar-refractivity contribution in [3.05, 3.63) is 64.4 Å². The Balaban J connectivity index is 2.02. The van der Waals surface area contributed by atoms with Gasteiger partial charge in [0.2, 0.25) is 0 Å². The maximum atomic E-state index is 13.0. The van der Waals surface area contributed by atoms with Crippen molar-refractivity contribution in [2.75, 3.05) is 0 Å². The van der Waals surface area contributed by atoms with E-state index in [9.17, 15) is 9.50 Å². The first kappa shape index (κ1) is 13.1. The summed E-state index contributed by atoms with van der Waals surface area (Å²) in [5.41, 5.74) is 1.92. The van der Waals surface area contributed by atoms with E-state index in [1.807, 2.05) is 0 Å². The lowest BCUT2D eigenvalue weighted by Crippen LogP contribution is -1.99. The average Bonchev–Trinajstić information content (AvgIpc) is 3.07. The molecule has 0 fully saturated rings. The van der Waals surface area contributed by atoms with Crippen LogP contribution in [0.2, 0.25) is 0 Å². The van der Waals surface area contributed by atoms with Gasteiger partial charge in [0.05, 0.1) is 22.6 Å². The lowest BCUT2D eigenvalue weighted by Gasteiger charge is -2.09. The Kier molecular flexibility index (Phi) is 3.42. The Morgan fingerprint density at radius 2 is 2.00 bits per heavy atom. The molecule has 0 aliphatic carbocycles. The summed E-state index contributed by atoms with van der Waals surface area (Å²) in [6, 6.07) is 7.66. The quantitative estimate of drug-likeness (QED) is 0.767. The van der Waals surface area contributed by atoms with E-state index in [0.29, 0.717) is 21.5 Å². The van der Waals surface area contributed by atoms with E-state index in [4.69, 9.17) is 4.42 Å². The second-order valence-electron chi connectivity index (χ2n) is 4.24. The van der Waals surface area contributed by atoms with Crippen LogP contribution in [0, 0.1) is 5.82 Å². The maximum absolute atomic E-state index is 13.0. The summed E-state index contributed by atoms with van der Waals surface area (Å²) >= 11 is 3.31. The molecule has 0 spiro atoms. The maximum Gasteiger partial charge on any atom is 0.151 e. The molecular formula is C14H10BrFN2O2. The van der Waals surface area contributed by atoms with Crippen LogP contribution in [0.25, 0.3) is 11.3 Å². The molecular weight excluding hydrogens is 327 g/mol. The zero-order valence-corrected chi connectivity index (χ0v) is 11.8. The fraction of sp³-hybridized carbons (Fsp3) is 0.0714. The van der Waals surface area contributed by atoms with Crippen LogP contribution in [-0.4, -0.2) is 15.3 Å². The monoisotopic (exact) mass is 336 g/mol. The minimum absolute atomic E-state index is 0.316. The molecule has 102 valence electrons. The molecule has 0 aliphatic rings. The van der Waals surface area contributed by atoms with Gasteiger partial charge in [0.15, 0.2) is 5.76 Å². The van der Waals surface area contributed by atoms with Gasteiger partial charge < -0.3 is 9.52 Å². The number of hydrogen-bond donors (Lipinski definition) is 2. The molecule has 1 aromatic carbocycles. The topological polar surface area (TPSA) is 62.1 Å². The van der Waals surface area contributed by atoms with Crippen LogP contribution in [0.5, 0.6) is 0 Å². The number of halogens is 2. The van der Waals surface area contributed by atoms with Crippen LogP contribution in [0.4, 0.5) is 4.39 Å². The first-order valence-electron chi connectivity index (χ1n) is 5.87. The van der Waals surface area contributed by atoms with E-state index in [-0.39, 0.29) is 5.82 Å². The van der Waals surface area contributed by atoms with Crippen LogP contribution in [0.15, 0.2) is 51.7 Å². The third kappa shape index (κ3) is 2.28. The predicted molar refractivity (Wildman–Crippen MR) is 74.5 cm³/mol. The molecule has 2 N–H and O–H groups in total. The van der Waals surface area contributed by atoms with Crippen molar-refractivity contribution in [2.45, 2.75) is 6.10 Å². The van der Waals surface area contributed by atoms with Crippen molar-refractivity contribution >= 4 is 15.9 Å². The van der Waals surface area contributed by atoms with Crippen molar-refractivity contribution in [3.8, 4) is 11.3 Å². The van der Waals surface area contributed by atoms with Gasteiger partial charge in [-0.1, -0.05) is 0 Å². The van der Waals surface area contributed by atoms with Gasteiger partial charge in [-0.2, -0.15) is 5.10 Å². The molecule has 0 saturated heterocycles. The molecule has 0 radical (unpaired) electrons.